The van der Waals surface area contributed by atoms with Gasteiger partial charge in [0, 0.05) is 19.2 Å². The van der Waals surface area contributed by atoms with Crippen LogP contribution >= 0.6 is 12.4 Å². The number of carbonyl (C=O) groups excluding carboxylic acids is 1. The van der Waals surface area contributed by atoms with Crippen LogP contribution in [0.25, 0.3) is 11.3 Å². The molecule has 2 aliphatic heterocycles. The highest BCUT2D eigenvalue weighted by Crippen LogP contribution is 2.39. The molecule has 2 saturated heterocycles. The normalized spacial score (nSPS) is 24.6. The number of benzene rings is 1. The number of likely N-dealkylation sites (tertiary alicyclic amines) is 1. The molecule has 3 heterocycles. The zero-order valence-corrected chi connectivity index (χ0v) is 16.1. The highest BCUT2D eigenvalue weighted by molar-refractivity contribution is 5.88. The molecule has 8 heteroatoms. The molecule has 0 bridgehead atoms. The Hall–Kier alpha value is -2.12. The number of alkyl halides is 3. The van der Waals surface area contributed by atoms with E-state index < -0.39 is 17.3 Å². The minimum Gasteiger partial charge on any atom is -0.344 e. The second-order valence-electron chi connectivity index (χ2n) is 7.32. The van der Waals surface area contributed by atoms with Crippen molar-refractivity contribution in [1.82, 2.24) is 15.2 Å². The summed E-state index contributed by atoms with van der Waals surface area (Å²) in [6, 6.07) is 10.5. The first kappa shape index (κ1) is 20.6. The maximum absolute atomic E-state index is 12.7. The number of amides is 1. The van der Waals surface area contributed by atoms with Crippen molar-refractivity contribution < 1.29 is 18.0 Å². The molecule has 150 valence electrons. The van der Waals surface area contributed by atoms with Crippen LogP contribution in [0.15, 0.2) is 42.5 Å². The van der Waals surface area contributed by atoms with Gasteiger partial charge in [-0.25, -0.2) is 0 Å². The van der Waals surface area contributed by atoms with Crippen molar-refractivity contribution >= 4 is 18.3 Å². The molecule has 0 aliphatic carbocycles. The number of likely N-dealkylation sites (N-methyl/N-ethyl adjacent to an activating group) is 1. The Morgan fingerprint density at radius 2 is 1.86 bits per heavy atom. The molecule has 1 spiro atoms. The standard InChI is InChI=1S/C20H20F3N3O.ClH/c1-26-12-11-19(18(26)27)10-9-17(25-19)16-4-2-3-15(24-16)13-5-7-14(8-6-13)20(21,22)23;/h2-8,17,25H,9-12H2,1H3;1H/t17-,19-;/m1./s1. The van der Waals surface area contributed by atoms with Gasteiger partial charge < -0.3 is 4.90 Å². The minimum absolute atomic E-state index is 0. The van der Waals surface area contributed by atoms with Crippen LogP contribution in [-0.2, 0) is 11.0 Å². The molecular formula is C20H21ClF3N3O. The van der Waals surface area contributed by atoms with Gasteiger partial charge in [0.2, 0.25) is 5.91 Å². The topological polar surface area (TPSA) is 45.2 Å². The quantitative estimate of drug-likeness (QED) is 0.805. The van der Waals surface area contributed by atoms with Crippen molar-refractivity contribution in [3.8, 4) is 11.3 Å². The predicted molar refractivity (Wildman–Crippen MR) is 102 cm³/mol. The van der Waals surface area contributed by atoms with Crippen LogP contribution in [0.2, 0.25) is 0 Å². The smallest absolute Gasteiger partial charge is 0.344 e. The Kier molecular flexibility index (Phi) is 5.42. The van der Waals surface area contributed by atoms with E-state index in [9.17, 15) is 18.0 Å². The summed E-state index contributed by atoms with van der Waals surface area (Å²) in [7, 11) is 1.82. The number of rotatable bonds is 2. The fourth-order valence-electron chi connectivity index (χ4n) is 4.02. The van der Waals surface area contributed by atoms with E-state index in [0.29, 0.717) is 11.3 Å². The maximum Gasteiger partial charge on any atom is 0.416 e. The van der Waals surface area contributed by atoms with Crippen LogP contribution in [-0.4, -0.2) is 34.9 Å². The van der Waals surface area contributed by atoms with Crippen LogP contribution in [0.1, 0.15) is 36.6 Å². The number of hydrogen-bond acceptors (Lipinski definition) is 3. The van der Waals surface area contributed by atoms with E-state index in [1.807, 2.05) is 19.2 Å². The lowest BCUT2D eigenvalue weighted by atomic mass is 9.96. The molecule has 2 aromatic rings. The first-order valence-corrected chi connectivity index (χ1v) is 8.96. The van der Waals surface area contributed by atoms with E-state index >= 15 is 0 Å². The predicted octanol–water partition coefficient (Wildman–Crippen LogP) is 4.21. The van der Waals surface area contributed by atoms with Crippen molar-refractivity contribution in [1.29, 1.82) is 0 Å². The number of hydrogen-bond donors (Lipinski definition) is 1. The van der Waals surface area contributed by atoms with E-state index in [2.05, 4.69) is 10.3 Å². The first-order valence-electron chi connectivity index (χ1n) is 8.96. The van der Waals surface area contributed by atoms with Crippen molar-refractivity contribution in [3.05, 3.63) is 53.7 Å². The molecule has 2 atom stereocenters. The van der Waals surface area contributed by atoms with Crippen LogP contribution in [0.4, 0.5) is 13.2 Å². The van der Waals surface area contributed by atoms with Crippen LogP contribution < -0.4 is 5.32 Å². The summed E-state index contributed by atoms with van der Waals surface area (Å²) in [6.45, 7) is 0.748. The van der Waals surface area contributed by atoms with Gasteiger partial charge in [-0.15, -0.1) is 12.4 Å². The molecule has 1 aromatic carbocycles. The van der Waals surface area contributed by atoms with Gasteiger partial charge in [0.15, 0.2) is 0 Å². The molecule has 1 amide bonds. The highest BCUT2D eigenvalue weighted by atomic mass is 35.5. The molecule has 4 rings (SSSR count). The third-order valence-corrected chi connectivity index (χ3v) is 5.58. The summed E-state index contributed by atoms with van der Waals surface area (Å²) < 4.78 is 38.2. The average molecular weight is 412 g/mol. The molecular weight excluding hydrogens is 391 g/mol. The molecule has 28 heavy (non-hydrogen) atoms. The lowest BCUT2D eigenvalue weighted by Gasteiger charge is -2.23. The SMILES string of the molecule is CN1CC[C@]2(CC[C@H](c3cccc(-c4ccc(C(F)(F)F)cc4)n3)N2)C1=O.Cl. The zero-order valence-electron chi connectivity index (χ0n) is 15.3. The van der Waals surface area contributed by atoms with Gasteiger partial charge in [0.05, 0.1) is 23.0 Å². The maximum atomic E-state index is 12.7. The largest absolute Gasteiger partial charge is 0.416 e. The Morgan fingerprint density at radius 1 is 1.14 bits per heavy atom. The van der Waals surface area contributed by atoms with E-state index in [1.54, 1.807) is 11.0 Å². The number of nitrogens with zero attached hydrogens (tertiary/aromatic N) is 2. The third kappa shape index (κ3) is 3.61. The van der Waals surface area contributed by atoms with Gasteiger partial charge in [0.25, 0.3) is 0 Å². The molecule has 1 aromatic heterocycles. The van der Waals surface area contributed by atoms with E-state index in [-0.39, 0.29) is 24.4 Å². The summed E-state index contributed by atoms with van der Waals surface area (Å²) in [4.78, 5) is 18.9. The van der Waals surface area contributed by atoms with Gasteiger partial charge in [0.1, 0.15) is 5.54 Å². The van der Waals surface area contributed by atoms with Gasteiger partial charge in [-0.05, 0) is 43.5 Å². The molecule has 1 N–H and O–H groups in total. The molecule has 0 unspecified atom stereocenters. The Balaban J connectivity index is 0.00000225. The van der Waals surface area contributed by atoms with Gasteiger partial charge in [-0.3, -0.25) is 15.1 Å². The number of aromatic nitrogens is 1. The van der Waals surface area contributed by atoms with Gasteiger partial charge in [-0.2, -0.15) is 13.2 Å². The highest BCUT2D eigenvalue weighted by Gasteiger charge is 2.50. The molecule has 0 saturated carbocycles. The summed E-state index contributed by atoms with van der Waals surface area (Å²) in [5, 5.41) is 3.47. The molecule has 2 fully saturated rings. The van der Waals surface area contributed by atoms with Gasteiger partial charge >= 0.3 is 6.18 Å². The first-order chi connectivity index (χ1) is 12.8. The summed E-state index contributed by atoms with van der Waals surface area (Å²) >= 11 is 0. The molecule has 4 nitrogen and oxygen atoms in total. The van der Waals surface area contributed by atoms with Crippen molar-refractivity contribution in [2.75, 3.05) is 13.6 Å². The van der Waals surface area contributed by atoms with E-state index in [1.165, 1.54) is 12.1 Å². The van der Waals surface area contributed by atoms with Crippen molar-refractivity contribution in [3.63, 3.8) is 0 Å². The van der Waals surface area contributed by atoms with Crippen LogP contribution in [0.5, 0.6) is 0 Å². The monoisotopic (exact) mass is 411 g/mol. The minimum atomic E-state index is -4.35. The Bertz CT molecular complexity index is 872. The number of pyridine rings is 1. The summed E-state index contributed by atoms with van der Waals surface area (Å²) in [5.41, 5.74) is 0.899. The molecule has 0 radical (unpaired) electrons. The second kappa shape index (κ2) is 7.37. The Morgan fingerprint density at radius 3 is 2.46 bits per heavy atom. The fraction of sp³-hybridized carbons (Fsp3) is 0.400. The van der Waals surface area contributed by atoms with Crippen molar-refractivity contribution in [2.45, 2.75) is 37.0 Å². The summed E-state index contributed by atoms with van der Waals surface area (Å²) in [5.74, 6) is 0.129. The Labute approximate surface area is 167 Å². The summed E-state index contributed by atoms with van der Waals surface area (Å²) in [6.07, 6.45) is -1.98. The lowest BCUT2D eigenvalue weighted by Crippen LogP contribution is -2.47. The number of nitrogens with one attached hydrogen (secondary N) is 1. The lowest BCUT2D eigenvalue weighted by molar-refractivity contribution is -0.137. The number of halogens is 4. The fourth-order valence-corrected chi connectivity index (χ4v) is 4.02. The molecule has 2 aliphatic rings. The zero-order chi connectivity index (χ0) is 19.2. The second-order valence-corrected chi connectivity index (χ2v) is 7.32. The third-order valence-electron chi connectivity index (χ3n) is 5.58. The average Bonchev–Trinajstić information content (AvgIpc) is 3.21. The van der Waals surface area contributed by atoms with Crippen LogP contribution in [0.3, 0.4) is 0 Å². The number of carbonyl (C=O) groups is 1. The van der Waals surface area contributed by atoms with E-state index in [4.69, 9.17) is 0 Å². The van der Waals surface area contributed by atoms with E-state index in [0.717, 1.165) is 43.6 Å². The van der Waals surface area contributed by atoms with Crippen LogP contribution in [0, 0.1) is 0 Å². The van der Waals surface area contributed by atoms with Gasteiger partial charge in [-0.1, -0.05) is 18.2 Å². The van der Waals surface area contributed by atoms with Crippen molar-refractivity contribution in [2.24, 2.45) is 0 Å².